The van der Waals surface area contributed by atoms with Crippen molar-refractivity contribution in [3.05, 3.63) is 53.3 Å². The lowest BCUT2D eigenvalue weighted by atomic mass is 9.96. The molecule has 14 nitrogen and oxygen atoms in total. The molecule has 0 radical (unpaired) electrons. The Hall–Kier alpha value is -4.85. The summed E-state index contributed by atoms with van der Waals surface area (Å²) in [4.78, 5) is 39.9. The number of aryl methyl sites for hydroxylation is 2. The maximum absolute atomic E-state index is 13.0. The number of amides is 2. The SMILES string of the molecule is COCCOC(N)=O.Cn1cc(-c2cc(NC(=O)OC3CCC3)cc(Nc3cc4c(cn3)n(C)c(=O)n4C3CCCC3)c2)cn1. The molecule has 45 heavy (non-hydrogen) atoms. The van der Waals surface area contributed by atoms with Crippen molar-refractivity contribution in [2.45, 2.75) is 57.1 Å². The number of benzene rings is 1. The van der Waals surface area contributed by atoms with Gasteiger partial charge in [0.2, 0.25) is 0 Å². The van der Waals surface area contributed by atoms with E-state index in [4.69, 9.17) is 4.74 Å². The highest BCUT2D eigenvalue weighted by Crippen LogP contribution is 2.33. The molecule has 240 valence electrons. The first kappa shape index (κ1) is 31.6. The van der Waals surface area contributed by atoms with E-state index in [9.17, 15) is 14.4 Å². The van der Waals surface area contributed by atoms with Gasteiger partial charge in [-0.1, -0.05) is 12.8 Å². The molecule has 0 atom stereocenters. The molecule has 2 aliphatic carbocycles. The van der Waals surface area contributed by atoms with Gasteiger partial charge in [-0.2, -0.15) is 5.10 Å². The van der Waals surface area contributed by atoms with Crippen molar-refractivity contribution in [1.29, 1.82) is 0 Å². The van der Waals surface area contributed by atoms with Gasteiger partial charge in [-0.05, 0) is 55.9 Å². The fraction of sp³-hybridized carbons (Fsp3) is 0.452. The van der Waals surface area contributed by atoms with E-state index >= 15 is 0 Å². The highest BCUT2D eigenvalue weighted by atomic mass is 16.6. The maximum atomic E-state index is 13.0. The molecule has 2 fully saturated rings. The Morgan fingerprint density at radius 2 is 1.71 bits per heavy atom. The summed E-state index contributed by atoms with van der Waals surface area (Å²) in [6, 6.07) is 7.89. The number of pyridine rings is 1. The first-order valence-corrected chi connectivity index (χ1v) is 15.1. The summed E-state index contributed by atoms with van der Waals surface area (Å²) in [5.74, 6) is 0.621. The minimum absolute atomic E-state index is 0.00151. The first-order chi connectivity index (χ1) is 21.7. The molecule has 2 saturated carbocycles. The van der Waals surface area contributed by atoms with E-state index in [2.05, 4.69) is 35.9 Å². The number of nitrogens with two attached hydrogens (primary N) is 1. The Morgan fingerprint density at radius 1 is 0.956 bits per heavy atom. The van der Waals surface area contributed by atoms with Crippen molar-refractivity contribution in [2.75, 3.05) is 31.0 Å². The van der Waals surface area contributed by atoms with Crippen LogP contribution < -0.4 is 22.1 Å². The van der Waals surface area contributed by atoms with E-state index in [0.29, 0.717) is 18.1 Å². The van der Waals surface area contributed by atoms with Gasteiger partial charge in [-0.3, -0.25) is 19.1 Å². The Kier molecular flexibility index (Phi) is 10.0. The van der Waals surface area contributed by atoms with Gasteiger partial charge in [0.25, 0.3) is 0 Å². The molecular weight excluding hydrogens is 580 g/mol. The van der Waals surface area contributed by atoms with Gasteiger partial charge < -0.3 is 25.3 Å². The fourth-order valence-corrected chi connectivity index (χ4v) is 5.51. The van der Waals surface area contributed by atoms with E-state index in [1.165, 1.54) is 7.11 Å². The molecule has 2 aliphatic rings. The maximum Gasteiger partial charge on any atom is 0.411 e. The minimum atomic E-state index is -0.762. The third-order valence-corrected chi connectivity index (χ3v) is 8.01. The fourth-order valence-electron chi connectivity index (χ4n) is 5.51. The lowest BCUT2D eigenvalue weighted by Gasteiger charge is -2.25. The third-order valence-electron chi connectivity index (χ3n) is 8.01. The lowest BCUT2D eigenvalue weighted by Crippen LogP contribution is -2.27. The third kappa shape index (κ3) is 7.81. The second-order valence-corrected chi connectivity index (χ2v) is 11.3. The second-order valence-electron chi connectivity index (χ2n) is 11.3. The molecule has 0 aliphatic heterocycles. The van der Waals surface area contributed by atoms with Crippen LogP contribution in [-0.2, 0) is 28.3 Å². The van der Waals surface area contributed by atoms with Crippen LogP contribution in [0.3, 0.4) is 0 Å². The summed E-state index contributed by atoms with van der Waals surface area (Å²) in [5, 5.41) is 10.5. The van der Waals surface area contributed by atoms with Crippen LogP contribution in [0.25, 0.3) is 22.2 Å². The predicted octanol–water partition coefficient (Wildman–Crippen LogP) is 4.82. The molecule has 0 spiro atoms. The monoisotopic (exact) mass is 620 g/mol. The van der Waals surface area contributed by atoms with Crippen LogP contribution in [0.1, 0.15) is 51.0 Å². The minimum Gasteiger partial charge on any atom is -0.447 e. The molecule has 14 heteroatoms. The number of anilines is 3. The number of aromatic nitrogens is 5. The number of hydrogen-bond donors (Lipinski definition) is 3. The van der Waals surface area contributed by atoms with Crippen LogP contribution in [0.15, 0.2) is 47.7 Å². The van der Waals surface area contributed by atoms with Crippen molar-refractivity contribution in [3.8, 4) is 11.1 Å². The van der Waals surface area contributed by atoms with Crippen LogP contribution in [-0.4, -0.2) is 62.5 Å². The van der Waals surface area contributed by atoms with E-state index in [-0.39, 0.29) is 24.4 Å². The van der Waals surface area contributed by atoms with E-state index < -0.39 is 12.2 Å². The van der Waals surface area contributed by atoms with E-state index in [0.717, 1.165) is 72.8 Å². The summed E-state index contributed by atoms with van der Waals surface area (Å²) in [6.07, 6.45) is 11.5. The topological polar surface area (TPSA) is 170 Å². The summed E-state index contributed by atoms with van der Waals surface area (Å²) in [5.41, 5.74) is 9.47. The Bertz CT molecular complexity index is 1700. The Balaban J connectivity index is 0.000000444. The summed E-state index contributed by atoms with van der Waals surface area (Å²) in [7, 11) is 5.18. The van der Waals surface area contributed by atoms with Crippen LogP contribution in [0.5, 0.6) is 0 Å². The molecule has 0 unspecified atom stereocenters. The standard InChI is InChI=1S/C27H31N7O3.C4H9NO3/c1-32-16-18(14-29-32)17-10-19(12-20(11-17)31-26(35)37-22-8-5-9-22)30-25-13-23-24(15-28-25)33(2)27(36)34(23)21-6-3-4-7-21;1-7-2-3-8-4(5)6/h10-16,21-22H,3-9H2,1-2H3,(H,28,30)(H,31,35);2-3H2,1H3,(H2,5,6). The second kappa shape index (κ2) is 14.3. The van der Waals surface area contributed by atoms with Gasteiger partial charge in [0.1, 0.15) is 18.5 Å². The zero-order chi connectivity index (χ0) is 31.9. The normalized spacial score (nSPS) is 14.8. The molecule has 3 aromatic heterocycles. The number of primary amides is 1. The highest BCUT2D eigenvalue weighted by molar-refractivity contribution is 5.88. The van der Waals surface area contributed by atoms with Gasteiger partial charge >= 0.3 is 17.9 Å². The largest absolute Gasteiger partial charge is 0.447 e. The lowest BCUT2D eigenvalue weighted by molar-refractivity contribution is 0.0624. The molecule has 0 saturated heterocycles. The van der Waals surface area contributed by atoms with Gasteiger partial charge in [-0.25, -0.2) is 19.4 Å². The van der Waals surface area contributed by atoms with Crippen molar-refractivity contribution >= 4 is 40.4 Å². The van der Waals surface area contributed by atoms with Gasteiger partial charge in [0, 0.05) is 56.4 Å². The predicted molar refractivity (Wildman–Crippen MR) is 170 cm³/mol. The summed E-state index contributed by atoms with van der Waals surface area (Å²) >= 11 is 0. The first-order valence-electron chi connectivity index (χ1n) is 15.1. The highest BCUT2D eigenvalue weighted by Gasteiger charge is 2.24. The average Bonchev–Trinajstić information content (AvgIpc) is 3.72. The van der Waals surface area contributed by atoms with Crippen molar-refractivity contribution in [2.24, 2.45) is 19.8 Å². The number of fused-ring (bicyclic) bond motifs is 1. The summed E-state index contributed by atoms with van der Waals surface area (Å²) < 4.78 is 19.7. The summed E-state index contributed by atoms with van der Waals surface area (Å²) in [6.45, 7) is 0.620. The van der Waals surface area contributed by atoms with E-state index in [1.54, 1.807) is 28.7 Å². The van der Waals surface area contributed by atoms with Crippen LogP contribution in [0, 0.1) is 0 Å². The molecule has 4 aromatic rings. The number of carbonyl (C=O) groups excluding carboxylic acids is 2. The van der Waals surface area contributed by atoms with Crippen molar-refractivity contribution in [3.63, 3.8) is 0 Å². The number of nitrogens with zero attached hydrogens (tertiary/aromatic N) is 5. The average molecular weight is 621 g/mol. The number of imidazole rings is 1. The zero-order valence-electron chi connectivity index (χ0n) is 25.8. The number of methoxy groups -OCH3 is 1. The zero-order valence-corrected chi connectivity index (χ0v) is 25.8. The number of rotatable bonds is 9. The van der Waals surface area contributed by atoms with Crippen molar-refractivity contribution < 1.29 is 23.8 Å². The number of nitrogens with one attached hydrogen (secondary N) is 2. The molecular formula is C31H40N8O6. The van der Waals surface area contributed by atoms with E-state index in [1.807, 2.05) is 42.1 Å². The van der Waals surface area contributed by atoms with Crippen LogP contribution in [0.4, 0.5) is 26.8 Å². The quantitative estimate of drug-likeness (QED) is 0.222. The Labute approximate surface area is 260 Å². The van der Waals surface area contributed by atoms with Crippen molar-refractivity contribution in [1.82, 2.24) is 23.9 Å². The molecule has 0 bridgehead atoms. The van der Waals surface area contributed by atoms with Gasteiger partial charge in [0.05, 0.1) is 30.0 Å². The number of carbonyl (C=O) groups is 2. The van der Waals surface area contributed by atoms with Gasteiger partial charge in [-0.15, -0.1) is 0 Å². The molecule has 6 rings (SSSR count). The number of ether oxygens (including phenoxy) is 3. The van der Waals surface area contributed by atoms with Gasteiger partial charge in [0.15, 0.2) is 0 Å². The van der Waals surface area contributed by atoms with Crippen LogP contribution in [0.2, 0.25) is 0 Å². The Morgan fingerprint density at radius 3 is 2.36 bits per heavy atom. The smallest absolute Gasteiger partial charge is 0.411 e. The molecule has 2 amide bonds. The number of hydrogen-bond acceptors (Lipinski definition) is 9. The molecule has 1 aromatic carbocycles. The molecule has 4 N–H and O–H groups in total. The van der Waals surface area contributed by atoms with Crippen LogP contribution >= 0.6 is 0 Å². The molecule has 3 heterocycles.